The van der Waals surface area contributed by atoms with Crippen LogP contribution in [0.5, 0.6) is 0 Å². The first-order valence-electron chi connectivity index (χ1n) is 8.64. The van der Waals surface area contributed by atoms with Crippen LogP contribution >= 0.6 is 0 Å². The van der Waals surface area contributed by atoms with E-state index in [4.69, 9.17) is 0 Å². The van der Waals surface area contributed by atoms with E-state index in [1.165, 1.54) is 0 Å². The molecular formula is C19H30N2O2. The van der Waals surface area contributed by atoms with Gasteiger partial charge < -0.3 is 9.80 Å². The zero-order valence-electron chi connectivity index (χ0n) is 15.1. The summed E-state index contributed by atoms with van der Waals surface area (Å²) in [5.41, 5.74) is 1.03. The fourth-order valence-corrected chi connectivity index (χ4v) is 2.95. The lowest BCUT2D eigenvalue weighted by atomic mass is 9.85. The Kier molecular flexibility index (Phi) is 7.79. The molecule has 0 saturated carbocycles. The van der Waals surface area contributed by atoms with Crippen LogP contribution in [0.25, 0.3) is 0 Å². The highest BCUT2D eigenvalue weighted by Crippen LogP contribution is 2.28. The van der Waals surface area contributed by atoms with E-state index in [1.807, 2.05) is 65.0 Å². The molecule has 0 aliphatic rings. The van der Waals surface area contributed by atoms with E-state index in [9.17, 15) is 9.59 Å². The third-order valence-corrected chi connectivity index (χ3v) is 4.51. The Bertz CT molecular complexity index is 469. The topological polar surface area (TPSA) is 40.6 Å². The molecule has 0 aliphatic heterocycles. The van der Waals surface area contributed by atoms with Crippen LogP contribution in [0.15, 0.2) is 30.3 Å². The maximum Gasteiger partial charge on any atom is 0.235 e. The zero-order chi connectivity index (χ0) is 17.4. The molecule has 1 atom stereocenters. The van der Waals surface area contributed by atoms with Crippen molar-refractivity contribution in [3.05, 3.63) is 35.9 Å². The summed E-state index contributed by atoms with van der Waals surface area (Å²) < 4.78 is 0. The first kappa shape index (κ1) is 19.2. The second kappa shape index (κ2) is 9.33. The molecule has 23 heavy (non-hydrogen) atoms. The van der Waals surface area contributed by atoms with Gasteiger partial charge in [-0.1, -0.05) is 37.3 Å². The van der Waals surface area contributed by atoms with Crippen LogP contribution in [0.4, 0.5) is 0 Å². The fourth-order valence-electron chi connectivity index (χ4n) is 2.95. The van der Waals surface area contributed by atoms with E-state index in [2.05, 4.69) is 0 Å². The minimum absolute atomic E-state index is 0.0664. The van der Waals surface area contributed by atoms with Crippen LogP contribution in [-0.4, -0.2) is 47.8 Å². The lowest BCUT2D eigenvalue weighted by Crippen LogP contribution is -2.47. The molecule has 0 radical (unpaired) electrons. The summed E-state index contributed by atoms with van der Waals surface area (Å²) >= 11 is 0. The van der Waals surface area contributed by atoms with Crippen LogP contribution in [-0.2, 0) is 9.59 Å². The van der Waals surface area contributed by atoms with Crippen LogP contribution in [0.1, 0.15) is 46.1 Å². The van der Waals surface area contributed by atoms with Gasteiger partial charge in [-0.05, 0) is 33.3 Å². The quantitative estimate of drug-likeness (QED) is 0.691. The summed E-state index contributed by atoms with van der Waals surface area (Å²) in [6.45, 7) is 12.3. The molecule has 0 heterocycles. The third-order valence-electron chi connectivity index (χ3n) is 4.51. The molecule has 0 N–H and O–H groups in total. The van der Waals surface area contributed by atoms with Crippen molar-refractivity contribution in [1.29, 1.82) is 0 Å². The Morgan fingerprint density at radius 2 is 1.22 bits per heavy atom. The summed E-state index contributed by atoms with van der Waals surface area (Å²) in [5, 5.41) is 0. The van der Waals surface area contributed by atoms with Gasteiger partial charge in [-0.2, -0.15) is 0 Å². The largest absolute Gasteiger partial charge is 0.343 e. The summed E-state index contributed by atoms with van der Waals surface area (Å²) in [6.07, 6.45) is 0. The molecule has 1 aromatic carbocycles. The van der Waals surface area contributed by atoms with Crippen LogP contribution < -0.4 is 0 Å². The smallest absolute Gasteiger partial charge is 0.235 e. The normalized spacial score (nSPS) is 12.1. The molecule has 4 nitrogen and oxygen atoms in total. The number of hydrogen-bond donors (Lipinski definition) is 0. The van der Waals surface area contributed by atoms with Gasteiger partial charge in [0.05, 0.1) is 0 Å². The fraction of sp³-hybridized carbons (Fsp3) is 0.579. The molecule has 1 aromatic rings. The van der Waals surface area contributed by atoms with E-state index in [0.717, 1.165) is 5.56 Å². The van der Waals surface area contributed by atoms with E-state index in [1.54, 1.807) is 9.80 Å². The molecule has 0 bridgehead atoms. The van der Waals surface area contributed by atoms with Crippen molar-refractivity contribution in [2.45, 2.75) is 40.5 Å². The molecule has 2 amide bonds. The number of carbonyl (C=O) groups is 2. The highest BCUT2D eigenvalue weighted by Gasteiger charge is 2.37. The van der Waals surface area contributed by atoms with Gasteiger partial charge in [-0.25, -0.2) is 0 Å². The van der Waals surface area contributed by atoms with E-state index >= 15 is 0 Å². The number of nitrogens with zero attached hydrogens (tertiary/aromatic N) is 2. The van der Waals surface area contributed by atoms with Crippen molar-refractivity contribution in [2.75, 3.05) is 26.2 Å². The molecule has 0 spiro atoms. The van der Waals surface area contributed by atoms with Crippen LogP contribution in [0.3, 0.4) is 0 Å². The number of benzene rings is 1. The lowest BCUT2D eigenvalue weighted by Gasteiger charge is -2.32. The van der Waals surface area contributed by atoms with Crippen molar-refractivity contribution in [3.63, 3.8) is 0 Å². The molecule has 0 saturated heterocycles. The summed E-state index contributed by atoms with van der Waals surface area (Å²) in [5.74, 6) is -0.930. The molecule has 0 aliphatic carbocycles. The van der Waals surface area contributed by atoms with Crippen LogP contribution in [0.2, 0.25) is 0 Å². The van der Waals surface area contributed by atoms with E-state index in [0.29, 0.717) is 26.2 Å². The Morgan fingerprint density at radius 3 is 1.57 bits per heavy atom. The van der Waals surface area contributed by atoms with Gasteiger partial charge in [0.1, 0.15) is 5.92 Å². The molecule has 4 heteroatoms. The Balaban J connectivity index is 3.20. The minimum Gasteiger partial charge on any atom is -0.343 e. The van der Waals surface area contributed by atoms with Gasteiger partial charge in [0.15, 0.2) is 0 Å². The predicted molar refractivity (Wildman–Crippen MR) is 94.2 cm³/mol. The maximum absolute atomic E-state index is 13.0. The second-order valence-electron chi connectivity index (χ2n) is 5.70. The van der Waals surface area contributed by atoms with Crippen molar-refractivity contribution in [1.82, 2.24) is 9.80 Å². The first-order chi connectivity index (χ1) is 11.0. The highest BCUT2D eigenvalue weighted by atomic mass is 16.2. The van der Waals surface area contributed by atoms with Gasteiger partial charge in [-0.15, -0.1) is 0 Å². The van der Waals surface area contributed by atoms with Gasteiger partial charge in [0.2, 0.25) is 11.8 Å². The average Bonchev–Trinajstić information content (AvgIpc) is 2.58. The Morgan fingerprint density at radius 1 is 0.826 bits per heavy atom. The molecule has 1 unspecified atom stereocenters. The molecule has 0 fully saturated rings. The first-order valence-corrected chi connectivity index (χ1v) is 8.64. The number of carbonyl (C=O) groups excluding carboxylic acids is 2. The minimum atomic E-state index is -0.655. The molecule has 128 valence electrons. The number of hydrogen-bond acceptors (Lipinski definition) is 2. The summed E-state index contributed by atoms with van der Waals surface area (Å²) in [6, 6.07) is 9.83. The second-order valence-corrected chi connectivity index (χ2v) is 5.70. The monoisotopic (exact) mass is 318 g/mol. The van der Waals surface area contributed by atoms with Crippen molar-refractivity contribution < 1.29 is 9.59 Å². The highest BCUT2D eigenvalue weighted by molar-refractivity contribution is 6.01. The van der Waals surface area contributed by atoms with Gasteiger partial charge in [0.25, 0.3) is 0 Å². The molecular weight excluding hydrogens is 288 g/mol. The third kappa shape index (κ3) is 4.57. The maximum atomic E-state index is 13.0. The van der Waals surface area contributed by atoms with Crippen LogP contribution in [0, 0.1) is 5.92 Å². The standard InChI is InChI=1S/C19H30N2O2/c1-6-20(7-2)18(22)17(19(23)21(8-3)9-4)15(5)16-13-11-10-12-14-16/h10-15,17H,6-9H2,1-5H3. The summed E-state index contributed by atoms with van der Waals surface area (Å²) in [4.78, 5) is 29.5. The molecule has 1 rings (SSSR count). The van der Waals surface area contributed by atoms with Gasteiger partial charge >= 0.3 is 0 Å². The van der Waals surface area contributed by atoms with Gasteiger partial charge in [0, 0.05) is 32.1 Å². The summed E-state index contributed by atoms with van der Waals surface area (Å²) in [7, 11) is 0. The van der Waals surface area contributed by atoms with Crippen molar-refractivity contribution in [2.24, 2.45) is 5.92 Å². The van der Waals surface area contributed by atoms with Gasteiger partial charge in [-0.3, -0.25) is 9.59 Å². The zero-order valence-corrected chi connectivity index (χ0v) is 15.1. The SMILES string of the molecule is CCN(CC)C(=O)C(C(=O)N(CC)CC)C(C)c1ccccc1. The predicted octanol–water partition coefficient (Wildman–Crippen LogP) is 3.14. The molecule has 0 aromatic heterocycles. The van der Waals surface area contributed by atoms with Crippen molar-refractivity contribution >= 4 is 11.8 Å². The Hall–Kier alpha value is -1.84. The number of amides is 2. The number of rotatable bonds is 8. The van der Waals surface area contributed by atoms with E-state index in [-0.39, 0.29) is 17.7 Å². The Labute approximate surface area is 140 Å². The van der Waals surface area contributed by atoms with E-state index < -0.39 is 5.92 Å². The van der Waals surface area contributed by atoms with Crippen molar-refractivity contribution in [3.8, 4) is 0 Å². The average molecular weight is 318 g/mol. The lowest BCUT2D eigenvalue weighted by molar-refractivity contribution is -0.147.